The first-order chi connectivity index (χ1) is 5.72. The molecule has 0 bridgehead atoms. The second kappa shape index (κ2) is 4.40. The number of rotatable bonds is 3. The number of nitrogens with zero attached hydrogens (tertiary/aromatic N) is 1. The van der Waals surface area contributed by atoms with Gasteiger partial charge in [-0.25, -0.2) is 5.06 Å². The minimum absolute atomic E-state index is 0.390. The molecule has 12 heavy (non-hydrogen) atoms. The molecule has 0 aliphatic carbocycles. The molecule has 2 nitrogen and oxygen atoms in total. The van der Waals surface area contributed by atoms with E-state index in [0.29, 0.717) is 11.6 Å². The largest absolute Gasteiger partial charge is 0.288 e. The van der Waals surface area contributed by atoms with E-state index in [9.17, 15) is 0 Å². The predicted octanol–water partition coefficient (Wildman–Crippen LogP) is 2.49. The van der Waals surface area contributed by atoms with Crippen molar-refractivity contribution in [3.05, 3.63) is 34.9 Å². The fourth-order valence-electron chi connectivity index (χ4n) is 0.814. The molecule has 1 aromatic rings. The molecule has 0 amide bonds. The SMILES string of the molecule is ON(C=S)Cc1ccc(Cl)cc1. The minimum Gasteiger partial charge on any atom is -0.288 e. The van der Waals surface area contributed by atoms with Gasteiger partial charge in [-0.1, -0.05) is 36.0 Å². The maximum absolute atomic E-state index is 9.02. The standard InChI is InChI=1S/C8H8ClNOS/c9-8-3-1-7(2-4-8)5-10(11)6-12/h1-4,6,11H,5H2. The number of halogens is 1. The van der Waals surface area contributed by atoms with Crippen molar-refractivity contribution in [3.8, 4) is 0 Å². The highest BCUT2D eigenvalue weighted by molar-refractivity contribution is 7.78. The molecule has 0 aromatic heterocycles. The number of hydrogen-bond acceptors (Lipinski definition) is 2. The number of hydrogen-bond donors (Lipinski definition) is 1. The van der Waals surface area contributed by atoms with Crippen LogP contribution in [0.15, 0.2) is 24.3 Å². The monoisotopic (exact) mass is 201 g/mol. The smallest absolute Gasteiger partial charge is 0.0905 e. The molecule has 0 spiro atoms. The Morgan fingerprint density at radius 3 is 2.50 bits per heavy atom. The van der Waals surface area contributed by atoms with Crippen molar-refractivity contribution in [2.45, 2.75) is 6.54 Å². The van der Waals surface area contributed by atoms with Crippen LogP contribution in [0.2, 0.25) is 5.02 Å². The number of benzene rings is 1. The second-order valence-electron chi connectivity index (χ2n) is 2.33. The molecule has 0 radical (unpaired) electrons. The van der Waals surface area contributed by atoms with Crippen LogP contribution in [0, 0.1) is 0 Å². The van der Waals surface area contributed by atoms with Gasteiger partial charge in [0.15, 0.2) is 0 Å². The van der Waals surface area contributed by atoms with Gasteiger partial charge >= 0.3 is 0 Å². The summed E-state index contributed by atoms with van der Waals surface area (Å²) in [6.45, 7) is 0.390. The fourth-order valence-corrected chi connectivity index (χ4v) is 1.01. The first-order valence-corrected chi connectivity index (χ1v) is 4.22. The average molecular weight is 202 g/mol. The summed E-state index contributed by atoms with van der Waals surface area (Å²) >= 11 is 10.2. The Hall–Kier alpha value is -0.640. The summed E-state index contributed by atoms with van der Waals surface area (Å²) in [5.41, 5.74) is 2.15. The molecule has 0 aliphatic heterocycles. The van der Waals surface area contributed by atoms with Gasteiger partial charge in [0.1, 0.15) is 0 Å². The molecule has 0 aliphatic rings. The molecule has 0 fully saturated rings. The molecular weight excluding hydrogens is 194 g/mol. The molecule has 0 heterocycles. The predicted molar refractivity (Wildman–Crippen MR) is 52.4 cm³/mol. The lowest BCUT2D eigenvalue weighted by Crippen LogP contribution is -2.14. The van der Waals surface area contributed by atoms with E-state index in [1.54, 1.807) is 12.1 Å². The first-order valence-electron chi connectivity index (χ1n) is 3.37. The van der Waals surface area contributed by atoms with Crippen LogP contribution in [0.4, 0.5) is 0 Å². The normalized spacial score (nSPS) is 9.50. The summed E-state index contributed by atoms with van der Waals surface area (Å²) in [5.74, 6) is 0. The molecular formula is C8H8ClNOS. The topological polar surface area (TPSA) is 23.5 Å². The van der Waals surface area contributed by atoms with E-state index in [4.69, 9.17) is 16.8 Å². The molecule has 4 heteroatoms. The summed E-state index contributed by atoms with van der Waals surface area (Å²) in [7, 11) is 0. The lowest BCUT2D eigenvalue weighted by molar-refractivity contribution is -0.0138. The maximum atomic E-state index is 9.02. The second-order valence-corrected chi connectivity index (χ2v) is 2.98. The highest BCUT2D eigenvalue weighted by Gasteiger charge is 1.96. The highest BCUT2D eigenvalue weighted by Crippen LogP contribution is 2.10. The van der Waals surface area contributed by atoms with Crippen LogP contribution in [0.5, 0.6) is 0 Å². The van der Waals surface area contributed by atoms with E-state index < -0.39 is 0 Å². The van der Waals surface area contributed by atoms with Gasteiger partial charge in [-0.2, -0.15) is 0 Å². The van der Waals surface area contributed by atoms with Crippen molar-refractivity contribution in [2.24, 2.45) is 0 Å². The summed E-state index contributed by atoms with van der Waals surface area (Å²) in [6.07, 6.45) is 0. The van der Waals surface area contributed by atoms with Gasteiger partial charge in [0.05, 0.1) is 12.0 Å². The van der Waals surface area contributed by atoms with Gasteiger partial charge in [0, 0.05) is 5.02 Å². The van der Waals surface area contributed by atoms with Crippen molar-refractivity contribution >= 4 is 29.3 Å². The lowest BCUT2D eigenvalue weighted by atomic mass is 10.2. The van der Waals surface area contributed by atoms with Crippen LogP contribution in [0.3, 0.4) is 0 Å². The first kappa shape index (κ1) is 9.45. The summed E-state index contributed by atoms with van der Waals surface area (Å²) in [6, 6.07) is 7.22. The van der Waals surface area contributed by atoms with Crippen molar-refractivity contribution in [1.29, 1.82) is 0 Å². The highest BCUT2D eigenvalue weighted by atomic mass is 35.5. The summed E-state index contributed by atoms with van der Waals surface area (Å²) < 4.78 is 0. The van der Waals surface area contributed by atoms with E-state index in [1.807, 2.05) is 12.1 Å². The van der Waals surface area contributed by atoms with Crippen molar-refractivity contribution < 1.29 is 5.21 Å². The molecule has 1 N–H and O–H groups in total. The van der Waals surface area contributed by atoms with Crippen LogP contribution in [-0.4, -0.2) is 15.8 Å². The Kier molecular flexibility index (Phi) is 3.47. The molecule has 1 aromatic carbocycles. The zero-order valence-corrected chi connectivity index (χ0v) is 7.85. The zero-order chi connectivity index (χ0) is 8.97. The van der Waals surface area contributed by atoms with E-state index >= 15 is 0 Å². The van der Waals surface area contributed by atoms with Gasteiger partial charge in [0.25, 0.3) is 0 Å². The Labute approximate surface area is 81.3 Å². The molecule has 64 valence electrons. The maximum Gasteiger partial charge on any atom is 0.0905 e. The van der Waals surface area contributed by atoms with Crippen molar-refractivity contribution in [1.82, 2.24) is 5.06 Å². The number of hydroxylamine groups is 2. The van der Waals surface area contributed by atoms with Crippen molar-refractivity contribution in [3.63, 3.8) is 0 Å². The molecule has 0 saturated heterocycles. The summed E-state index contributed by atoms with van der Waals surface area (Å²) in [5, 5.41) is 10.7. The molecule has 0 saturated carbocycles. The van der Waals surface area contributed by atoms with Gasteiger partial charge < -0.3 is 0 Å². The van der Waals surface area contributed by atoms with Crippen LogP contribution < -0.4 is 0 Å². The van der Waals surface area contributed by atoms with Gasteiger partial charge in [0.2, 0.25) is 0 Å². The molecule has 0 unspecified atom stereocenters. The third-order valence-electron chi connectivity index (χ3n) is 1.38. The quantitative estimate of drug-likeness (QED) is 0.601. The fraction of sp³-hybridized carbons (Fsp3) is 0.125. The third-order valence-corrected chi connectivity index (χ3v) is 1.87. The van der Waals surface area contributed by atoms with Gasteiger partial charge in [-0.15, -0.1) is 0 Å². The van der Waals surface area contributed by atoms with E-state index in [0.717, 1.165) is 10.6 Å². The van der Waals surface area contributed by atoms with Crippen LogP contribution in [0.25, 0.3) is 0 Å². The molecule has 1 rings (SSSR count). The Balaban J connectivity index is 2.64. The van der Waals surface area contributed by atoms with E-state index in [2.05, 4.69) is 12.2 Å². The number of thiocarbonyl (C=S) groups is 1. The van der Waals surface area contributed by atoms with E-state index in [1.165, 1.54) is 5.49 Å². The van der Waals surface area contributed by atoms with Crippen LogP contribution in [-0.2, 0) is 6.54 Å². The molecule has 0 atom stereocenters. The third kappa shape index (κ3) is 2.77. The van der Waals surface area contributed by atoms with E-state index in [-0.39, 0.29) is 0 Å². The van der Waals surface area contributed by atoms with Gasteiger partial charge in [-0.3, -0.25) is 5.21 Å². The van der Waals surface area contributed by atoms with Crippen LogP contribution >= 0.6 is 23.8 Å². The van der Waals surface area contributed by atoms with Gasteiger partial charge in [-0.05, 0) is 17.7 Å². The van der Waals surface area contributed by atoms with Crippen molar-refractivity contribution in [2.75, 3.05) is 0 Å². The zero-order valence-electron chi connectivity index (χ0n) is 6.27. The Morgan fingerprint density at radius 1 is 1.42 bits per heavy atom. The Morgan fingerprint density at radius 2 is 2.00 bits per heavy atom. The average Bonchev–Trinajstić information content (AvgIpc) is 2.09. The Bertz CT molecular complexity index is 262. The minimum atomic E-state index is 0.390. The van der Waals surface area contributed by atoms with Crippen LogP contribution in [0.1, 0.15) is 5.56 Å². The summed E-state index contributed by atoms with van der Waals surface area (Å²) in [4.78, 5) is 0. The lowest BCUT2D eigenvalue weighted by Gasteiger charge is -2.09.